The summed E-state index contributed by atoms with van der Waals surface area (Å²) in [6, 6.07) is 59.7. The summed E-state index contributed by atoms with van der Waals surface area (Å²) in [5.74, 6) is 1.13. The monoisotopic (exact) mass is 573 g/mol. The standard InChI is InChI=1S/C42H27N3/c1-2-12-29-26-41-36(25-28(29)11-1)35-16-6-10-20-40(35)44(42-27-30-13-3-7-17-37(30)45(41)42)32-23-21-31(22-24-32)43-38-18-8-4-14-33(38)34-15-5-9-19-39(34)43/h1-27H. The van der Waals surface area contributed by atoms with E-state index in [4.69, 9.17) is 0 Å². The predicted molar refractivity (Wildman–Crippen MR) is 189 cm³/mol. The molecule has 0 amide bonds. The molecule has 9 aromatic rings. The summed E-state index contributed by atoms with van der Waals surface area (Å²) in [4.78, 5) is 2.43. The van der Waals surface area contributed by atoms with Gasteiger partial charge in [0.15, 0.2) is 0 Å². The van der Waals surface area contributed by atoms with Gasteiger partial charge in [0.05, 0.1) is 27.9 Å². The average molecular weight is 574 g/mol. The van der Waals surface area contributed by atoms with Crippen LogP contribution in [0.4, 0.5) is 17.2 Å². The van der Waals surface area contributed by atoms with Gasteiger partial charge < -0.3 is 4.57 Å². The molecule has 2 aromatic heterocycles. The first-order valence-electron chi connectivity index (χ1n) is 15.5. The number of hydrogen-bond acceptors (Lipinski definition) is 1. The number of para-hydroxylation sites is 4. The Morgan fingerprint density at radius 3 is 1.62 bits per heavy atom. The van der Waals surface area contributed by atoms with E-state index in [9.17, 15) is 0 Å². The summed E-state index contributed by atoms with van der Waals surface area (Å²) in [6.07, 6.45) is 0. The summed E-state index contributed by atoms with van der Waals surface area (Å²) in [5, 5.41) is 6.24. The van der Waals surface area contributed by atoms with Gasteiger partial charge in [-0.25, -0.2) is 0 Å². The molecule has 0 saturated heterocycles. The SMILES string of the molecule is c1ccc2c(c1)-c1cc3ccccc3cc1-n1c(cc3ccccc31)N2c1ccc(-n2c3ccccc3c3ccccc32)cc1. The molecule has 3 heterocycles. The molecule has 1 aliphatic rings. The minimum Gasteiger partial charge on any atom is -0.309 e. The van der Waals surface area contributed by atoms with Gasteiger partial charge >= 0.3 is 0 Å². The Hall–Kier alpha value is -6.06. The fourth-order valence-electron chi connectivity index (χ4n) is 7.43. The molecule has 0 N–H and O–H groups in total. The Kier molecular flexibility index (Phi) is 5.00. The van der Waals surface area contributed by atoms with Crippen LogP contribution in [0.1, 0.15) is 0 Å². The second-order valence-corrected chi connectivity index (χ2v) is 11.9. The normalized spacial score (nSPS) is 12.4. The van der Waals surface area contributed by atoms with Crippen LogP contribution in [0.25, 0.3) is 66.0 Å². The topological polar surface area (TPSA) is 13.1 Å². The van der Waals surface area contributed by atoms with Crippen LogP contribution in [-0.2, 0) is 0 Å². The lowest BCUT2D eigenvalue weighted by Crippen LogP contribution is -2.13. The number of aromatic nitrogens is 2. The molecule has 0 unspecified atom stereocenters. The highest BCUT2D eigenvalue weighted by atomic mass is 15.3. The number of anilines is 3. The largest absolute Gasteiger partial charge is 0.309 e. The molecule has 45 heavy (non-hydrogen) atoms. The highest BCUT2D eigenvalue weighted by Crippen LogP contribution is 2.49. The van der Waals surface area contributed by atoms with Crippen LogP contribution in [0, 0.1) is 0 Å². The van der Waals surface area contributed by atoms with Crippen molar-refractivity contribution in [2.45, 2.75) is 0 Å². The maximum atomic E-state index is 2.44. The van der Waals surface area contributed by atoms with Crippen LogP contribution in [-0.4, -0.2) is 9.13 Å². The van der Waals surface area contributed by atoms with Crippen LogP contribution < -0.4 is 4.90 Å². The van der Waals surface area contributed by atoms with Crippen molar-refractivity contribution >= 4 is 60.7 Å². The predicted octanol–water partition coefficient (Wildman–Crippen LogP) is 11.3. The Balaban J connectivity index is 1.23. The van der Waals surface area contributed by atoms with Gasteiger partial charge in [0, 0.05) is 38.7 Å². The van der Waals surface area contributed by atoms with Crippen molar-refractivity contribution in [1.82, 2.24) is 9.13 Å². The molecule has 0 fully saturated rings. The fraction of sp³-hybridized carbons (Fsp3) is 0. The molecule has 3 nitrogen and oxygen atoms in total. The zero-order valence-corrected chi connectivity index (χ0v) is 24.4. The molecular formula is C42H27N3. The summed E-state index contributed by atoms with van der Waals surface area (Å²) in [6.45, 7) is 0. The van der Waals surface area contributed by atoms with E-state index in [1.54, 1.807) is 0 Å². The lowest BCUT2D eigenvalue weighted by atomic mass is 9.97. The number of nitrogens with zero attached hydrogens (tertiary/aromatic N) is 3. The van der Waals surface area contributed by atoms with E-state index < -0.39 is 0 Å². The van der Waals surface area contributed by atoms with Crippen molar-refractivity contribution in [1.29, 1.82) is 0 Å². The summed E-state index contributed by atoms with van der Waals surface area (Å²) < 4.78 is 4.82. The van der Waals surface area contributed by atoms with E-state index >= 15 is 0 Å². The third kappa shape index (κ3) is 3.46. The smallest absolute Gasteiger partial charge is 0.123 e. The Morgan fingerprint density at radius 2 is 0.889 bits per heavy atom. The number of rotatable bonds is 2. The van der Waals surface area contributed by atoms with Gasteiger partial charge in [-0.2, -0.15) is 0 Å². The van der Waals surface area contributed by atoms with E-state index in [1.807, 2.05) is 0 Å². The van der Waals surface area contributed by atoms with Gasteiger partial charge in [0.2, 0.25) is 0 Å². The molecule has 0 radical (unpaired) electrons. The molecule has 3 heteroatoms. The molecular weight excluding hydrogens is 546 g/mol. The van der Waals surface area contributed by atoms with E-state index in [-0.39, 0.29) is 0 Å². The first kappa shape index (κ1) is 24.4. The molecule has 0 atom stereocenters. The highest BCUT2D eigenvalue weighted by Gasteiger charge is 2.28. The van der Waals surface area contributed by atoms with Crippen LogP contribution in [0.5, 0.6) is 0 Å². The van der Waals surface area contributed by atoms with E-state index in [0.717, 1.165) is 17.2 Å². The molecule has 0 saturated carbocycles. The first-order valence-corrected chi connectivity index (χ1v) is 15.5. The molecule has 10 rings (SSSR count). The zero-order valence-electron chi connectivity index (χ0n) is 24.4. The van der Waals surface area contributed by atoms with Gasteiger partial charge in [0.1, 0.15) is 5.82 Å². The number of benzene rings is 7. The lowest BCUT2D eigenvalue weighted by molar-refractivity contribution is 1.09. The molecule has 7 aromatic carbocycles. The van der Waals surface area contributed by atoms with Gasteiger partial charge in [-0.15, -0.1) is 0 Å². The number of hydrogen-bond donors (Lipinski definition) is 0. The van der Waals surface area contributed by atoms with E-state index in [0.29, 0.717) is 0 Å². The van der Waals surface area contributed by atoms with Crippen LogP contribution in [0.15, 0.2) is 164 Å². The fourth-order valence-corrected chi connectivity index (χ4v) is 7.43. The Morgan fingerprint density at radius 1 is 0.333 bits per heavy atom. The highest BCUT2D eigenvalue weighted by molar-refractivity contribution is 6.09. The van der Waals surface area contributed by atoms with Gasteiger partial charge in [-0.05, 0) is 77.5 Å². The van der Waals surface area contributed by atoms with Crippen LogP contribution >= 0.6 is 0 Å². The summed E-state index contributed by atoms with van der Waals surface area (Å²) >= 11 is 0. The minimum atomic E-state index is 1.12. The molecule has 1 aliphatic heterocycles. The van der Waals surface area contributed by atoms with Crippen molar-refractivity contribution < 1.29 is 0 Å². The third-order valence-electron chi connectivity index (χ3n) is 9.41. The molecule has 0 spiro atoms. The molecule has 0 bridgehead atoms. The van der Waals surface area contributed by atoms with Gasteiger partial charge in [-0.1, -0.05) is 97.1 Å². The summed E-state index contributed by atoms with van der Waals surface area (Å²) in [5.41, 5.74) is 10.7. The third-order valence-corrected chi connectivity index (χ3v) is 9.41. The van der Waals surface area contributed by atoms with Crippen molar-refractivity contribution in [2.75, 3.05) is 4.90 Å². The zero-order chi connectivity index (χ0) is 29.5. The quantitative estimate of drug-likeness (QED) is 0.200. The second kappa shape index (κ2) is 9.22. The van der Waals surface area contributed by atoms with Gasteiger partial charge in [0.25, 0.3) is 0 Å². The van der Waals surface area contributed by atoms with Crippen LogP contribution in [0.3, 0.4) is 0 Å². The summed E-state index contributed by atoms with van der Waals surface area (Å²) in [7, 11) is 0. The minimum absolute atomic E-state index is 1.12. The van der Waals surface area contributed by atoms with Crippen molar-refractivity contribution in [3.05, 3.63) is 164 Å². The Labute approximate surface area is 260 Å². The maximum absolute atomic E-state index is 2.44. The number of fused-ring (bicyclic) bond motifs is 11. The molecule has 210 valence electrons. The lowest BCUT2D eigenvalue weighted by Gasteiger charge is -2.26. The van der Waals surface area contributed by atoms with Gasteiger partial charge in [-0.3, -0.25) is 9.47 Å². The Bertz CT molecular complexity index is 2550. The van der Waals surface area contributed by atoms with Crippen molar-refractivity contribution in [2.24, 2.45) is 0 Å². The molecule has 0 aliphatic carbocycles. The average Bonchev–Trinajstić information content (AvgIpc) is 3.61. The van der Waals surface area contributed by atoms with Crippen molar-refractivity contribution in [3.8, 4) is 22.5 Å². The van der Waals surface area contributed by atoms with Crippen LogP contribution in [0.2, 0.25) is 0 Å². The second-order valence-electron chi connectivity index (χ2n) is 11.9. The first-order chi connectivity index (χ1) is 22.3. The van der Waals surface area contributed by atoms with Crippen molar-refractivity contribution in [3.63, 3.8) is 0 Å². The maximum Gasteiger partial charge on any atom is 0.123 e. The van der Waals surface area contributed by atoms with E-state index in [2.05, 4.69) is 178 Å². The van der Waals surface area contributed by atoms with E-state index in [1.165, 1.54) is 66.0 Å².